The fraction of sp³-hybridized carbons (Fsp3) is 0.750. The van der Waals surface area contributed by atoms with E-state index >= 15 is 0 Å². The molecule has 0 aromatic carbocycles. The van der Waals surface area contributed by atoms with Crippen molar-refractivity contribution in [1.29, 1.82) is 0 Å². The van der Waals surface area contributed by atoms with Gasteiger partial charge in [-0.15, -0.1) is 0 Å². The van der Waals surface area contributed by atoms with Crippen LogP contribution in [-0.2, 0) is 5.41 Å². The molecule has 1 unspecified atom stereocenters. The van der Waals surface area contributed by atoms with Crippen LogP contribution in [0.5, 0.6) is 0 Å². The van der Waals surface area contributed by atoms with E-state index in [9.17, 15) is 0 Å². The number of nitrogens with zero attached hydrogens (tertiary/aromatic N) is 2. The topological polar surface area (TPSA) is 75.9 Å². The lowest BCUT2D eigenvalue weighted by Gasteiger charge is -2.25. The average molecular weight is 291 g/mol. The first-order valence-corrected chi connectivity index (χ1v) is 7.95. The van der Waals surface area contributed by atoms with E-state index < -0.39 is 0 Å². The molecule has 1 saturated carbocycles. The van der Waals surface area contributed by atoms with Crippen LogP contribution < -0.4 is 16.6 Å². The predicted molar refractivity (Wildman–Crippen MR) is 88.3 cm³/mol. The molecule has 1 aromatic rings. The summed E-state index contributed by atoms with van der Waals surface area (Å²) in [6.45, 7) is 10.6. The largest absolute Gasteiger partial charge is 0.367 e. The lowest BCUT2D eigenvalue weighted by atomic mass is 9.95. The van der Waals surface area contributed by atoms with E-state index in [2.05, 4.69) is 43.4 Å². The summed E-state index contributed by atoms with van der Waals surface area (Å²) < 4.78 is 0. The highest BCUT2D eigenvalue weighted by Crippen LogP contribution is 2.31. The van der Waals surface area contributed by atoms with E-state index in [-0.39, 0.29) is 5.41 Å². The molecule has 0 saturated heterocycles. The van der Waals surface area contributed by atoms with E-state index in [1.165, 1.54) is 25.7 Å². The van der Waals surface area contributed by atoms with Gasteiger partial charge in [0, 0.05) is 17.0 Å². The monoisotopic (exact) mass is 291 g/mol. The zero-order chi connectivity index (χ0) is 15.6. The lowest BCUT2D eigenvalue weighted by Crippen LogP contribution is -2.27. The minimum absolute atomic E-state index is 0.105. The maximum Gasteiger partial charge on any atom is 0.148 e. The Balaban J connectivity index is 2.28. The molecule has 1 atom stereocenters. The SMILES string of the molecule is Cc1c(NN)nc(C(C)(C)C)nc1NC(C)C1CCCC1. The van der Waals surface area contributed by atoms with E-state index in [0.717, 1.165) is 23.1 Å². The van der Waals surface area contributed by atoms with Gasteiger partial charge < -0.3 is 10.7 Å². The molecule has 118 valence electrons. The maximum atomic E-state index is 5.62. The van der Waals surface area contributed by atoms with Gasteiger partial charge in [-0.05, 0) is 32.6 Å². The highest BCUT2D eigenvalue weighted by Gasteiger charge is 2.25. The second-order valence-electron chi connectivity index (χ2n) is 7.24. The summed E-state index contributed by atoms with van der Waals surface area (Å²) in [5, 5.41) is 3.59. The molecule has 0 aliphatic heterocycles. The molecule has 1 aliphatic rings. The van der Waals surface area contributed by atoms with E-state index in [1.807, 2.05) is 6.92 Å². The first-order valence-electron chi connectivity index (χ1n) is 7.95. The third-order valence-corrected chi connectivity index (χ3v) is 4.42. The second-order valence-corrected chi connectivity index (χ2v) is 7.24. The van der Waals surface area contributed by atoms with Crippen molar-refractivity contribution >= 4 is 11.6 Å². The molecule has 5 nitrogen and oxygen atoms in total. The molecular weight excluding hydrogens is 262 g/mol. The summed E-state index contributed by atoms with van der Waals surface area (Å²) in [5.41, 5.74) is 3.58. The Kier molecular flexibility index (Phi) is 4.71. The van der Waals surface area contributed by atoms with Gasteiger partial charge >= 0.3 is 0 Å². The minimum atomic E-state index is -0.105. The molecule has 1 heterocycles. The number of anilines is 2. The van der Waals surface area contributed by atoms with Crippen LogP contribution in [0, 0.1) is 12.8 Å². The molecule has 5 heteroatoms. The van der Waals surface area contributed by atoms with Crippen molar-refractivity contribution in [2.24, 2.45) is 11.8 Å². The molecule has 0 amide bonds. The smallest absolute Gasteiger partial charge is 0.148 e. The number of aromatic nitrogens is 2. The summed E-state index contributed by atoms with van der Waals surface area (Å²) in [5.74, 6) is 8.78. The summed E-state index contributed by atoms with van der Waals surface area (Å²) in [6, 6.07) is 0.430. The molecule has 1 fully saturated rings. The fourth-order valence-corrected chi connectivity index (χ4v) is 2.92. The Bertz CT molecular complexity index is 486. The molecule has 2 rings (SSSR count). The molecule has 1 aromatic heterocycles. The van der Waals surface area contributed by atoms with E-state index in [0.29, 0.717) is 11.9 Å². The summed E-state index contributed by atoms with van der Waals surface area (Å²) in [4.78, 5) is 9.29. The predicted octanol–water partition coefficient (Wildman–Crippen LogP) is 3.36. The number of nitrogens with two attached hydrogens (primary N) is 1. The normalized spacial score (nSPS) is 17.8. The highest BCUT2D eigenvalue weighted by atomic mass is 15.3. The van der Waals surface area contributed by atoms with Gasteiger partial charge in [-0.2, -0.15) is 0 Å². The fourth-order valence-electron chi connectivity index (χ4n) is 2.92. The quantitative estimate of drug-likeness (QED) is 0.586. The first kappa shape index (κ1) is 16.0. The average Bonchev–Trinajstić information content (AvgIpc) is 2.93. The Morgan fingerprint density at radius 2 is 1.71 bits per heavy atom. The van der Waals surface area contributed by atoms with Crippen LogP contribution in [0.25, 0.3) is 0 Å². The van der Waals surface area contributed by atoms with Crippen LogP contribution in [0.4, 0.5) is 11.6 Å². The lowest BCUT2D eigenvalue weighted by molar-refractivity contribution is 0.479. The van der Waals surface area contributed by atoms with Crippen LogP contribution in [0.3, 0.4) is 0 Å². The molecule has 4 N–H and O–H groups in total. The van der Waals surface area contributed by atoms with Gasteiger partial charge in [-0.25, -0.2) is 15.8 Å². The van der Waals surface area contributed by atoms with Crippen molar-refractivity contribution in [3.05, 3.63) is 11.4 Å². The van der Waals surface area contributed by atoms with Crippen molar-refractivity contribution in [3.8, 4) is 0 Å². The summed E-state index contributed by atoms with van der Waals surface area (Å²) in [7, 11) is 0. The van der Waals surface area contributed by atoms with Gasteiger partial charge in [0.1, 0.15) is 17.5 Å². The van der Waals surface area contributed by atoms with Crippen molar-refractivity contribution in [1.82, 2.24) is 9.97 Å². The van der Waals surface area contributed by atoms with Gasteiger partial charge in [0.15, 0.2) is 0 Å². The Morgan fingerprint density at radius 1 is 1.14 bits per heavy atom. The van der Waals surface area contributed by atoms with Crippen molar-refractivity contribution in [3.63, 3.8) is 0 Å². The number of nitrogen functional groups attached to an aromatic ring is 1. The maximum absolute atomic E-state index is 5.62. The van der Waals surface area contributed by atoms with Gasteiger partial charge in [-0.3, -0.25) is 0 Å². The Morgan fingerprint density at radius 3 is 2.24 bits per heavy atom. The van der Waals surface area contributed by atoms with Crippen LogP contribution in [-0.4, -0.2) is 16.0 Å². The number of hydrogen-bond donors (Lipinski definition) is 3. The van der Waals surface area contributed by atoms with Gasteiger partial charge in [-0.1, -0.05) is 33.6 Å². The van der Waals surface area contributed by atoms with Gasteiger partial charge in [0.2, 0.25) is 0 Å². The van der Waals surface area contributed by atoms with Crippen LogP contribution >= 0.6 is 0 Å². The van der Waals surface area contributed by atoms with E-state index in [1.54, 1.807) is 0 Å². The first-order chi connectivity index (χ1) is 9.82. The van der Waals surface area contributed by atoms with Crippen LogP contribution in [0.2, 0.25) is 0 Å². The molecule has 0 bridgehead atoms. The zero-order valence-corrected chi connectivity index (χ0v) is 14.0. The number of hydrazine groups is 1. The number of hydrogen-bond acceptors (Lipinski definition) is 5. The molecule has 0 radical (unpaired) electrons. The summed E-state index contributed by atoms with van der Waals surface area (Å²) >= 11 is 0. The van der Waals surface area contributed by atoms with Crippen molar-refractivity contribution in [2.75, 3.05) is 10.7 Å². The van der Waals surface area contributed by atoms with Crippen molar-refractivity contribution < 1.29 is 0 Å². The third kappa shape index (κ3) is 3.64. The number of rotatable bonds is 4. The molecule has 1 aliphatic carbocycles. The number of nitrogens with one attached hydrogen (secondary N) is 2. The standard InChI is InChI=1S/C16H29N5/c1-10-13(18-11(2)12-8-6-7-9-12)19-15(16(3,4)5)20-14(10)21-17/h11-12H,6-9,17H2,1-5H3,(H2,18,19,20,21). The highest BCUT2D eigenvalue weighted by molar-refractivity contribution is 5.57. The van der Waals surface area contributed by atoms with Crippen molar-refractivity contribution in [2.45, 2.75) is 71.8 Å². The molecule has 21 heavy (non-hydrogen) atoms. The summed E-state index contributed by atoms with van der Waals surface area (Å²) in [6.07, 6.45) is 5.32. The van der Waals surface area contributed by atoms with Crippen LogP contribution in [0.1, 0.15) is 64.8 Å². The molecular formula is C16H29N5. The second kappa shape index (κ2) is 6.18. The zero-order valence-electron chi connectivity index (χ0n) is 14.0. The Labute approximate surface area is 128 Å². The molecule has 0 spiro atoms. The van der Waals surface area contributed by atoms with Crippen LogP contribution in [0.15, 0.2) is 0 Å². The third-order valence-electron chi connectivity index (χ3n) is 4.42. The van der Waals surface area contributed by atoms with Gasteiger partial charge in [0.05, 0.1) is 0 Å². The Hall–Kier alpha value is -1.36. The van der Waals surface area contributed by atoms with Gasteiger partial charge in [0.25, 0.3) is 0 Å². The van der Waals surface area contributed by atoms with E-state index in [4.69, 9.17) is 10.8 Å². The minimum Gasteiger partial charge on any atom is -0.367 e.